The SMILES string of the molecule is CN1C(=O)Cc2ncsc21. The molecule has 3 nitrogen and oxygen atoms in total. The van der Waals surface area contributed by atoms with E-state index < -0.39 is 0 Å². The molecule has 0 unspecified atom stereocenters. The number of rotatable bonds is 0. The largest absolute Gasteiger partial charge is 0.305 e. The van der Waals surface area contributed by atoms with Gasteiger partial charge in [-0.1, -0.05) is 0 Å². The molecule has 2 heterocycles. The van der Waals surface area contributed by atoms with Crippen molar-refractivity contribution in [3.05, 3.63) is 11.2 Å². The summed E-state index contributed by atoms with van der Waals surface area (Å²) in [5.41, 5.74) is 2.70. The average Bonchev–Trinajstić information content (AvgIpc) is 2.41. The summed E-state index contributed by atoms with van der Waals surface area (Å²) in [6.07, 6.45) is 0.481. The van der Waals surface area contributed by atoms with Crippen LogP contribution in [-0.2, 0) is 11.2 Å². The molecule has 0 saturated carbocycles. The van der Waals surface area contributed by atoms with Gasteiger partial charge in [0.2, 0.25) is 5.91 Å². The van der Waals surface area contributed by atoms with Gasteiger partial charge in [-0.15, -0.1) is 11.3 Å². The Bertz CT molecular complexity index is 281. The van der Waals surface area contributed by atoms with Crippen LogP contribution in [0.5, 0.6) is 0 Å². The molecule has 1 aromatic heterocycles. The van der Waals surface area contributed by atoms with E-state index in [9.17, 15) is 4.79 Å². The second kappa shape index (κ2) is 1.79. The minimum Gasteiger partial charge on any atom is -0.305 e. The van der Waals surface area contributed by atoms with Crippen molar-refractivity contribution in [1.82, 2.24) is 4.98 Å². The lowest BCUT2D eigenvalue weighted by atomic mass is 10.4. The van der Waals surface area contributed by atoms with E-state index >= 15 is 0 Å². The quantitative estimate of drug-likeness (QED) is 0.550. The lowest BCUT2D eigenvalue weighted by Crippen LogP contribution is -2.20. The molecule has 1 aromatic rings. The summed E-state index contributed by atoms with van der Waals surface area (Å²) in [6, 6.07) is 0. The van der Waals surface area contributed by atoms with E-state index in [0.717, 1.165) is 10.7 Å². The highest BCUT2D eigenvalue weighted by Gasteiger charge is 2.25. The number of nitrogens with zero attached hydrogens (tertiary/aromatic N) is 2. The summed E-state index contributed by atoms with van der Waals surface area (Å²) in [5.74, 6) is 0.148. The molecule has 0 aromatic carbocycles. The highest BCUT2D eigenvalue weighted by atomic mass is 32.1. The number of carbonyl (C=O) groups excluding carboxylic acids is 1. The van der Waals surface area contributed by atoms with Crippen molar-refractivity contribution in [3.8, 4) is 0 Å². The van der Waals surface area contributed by atoms with E-state index in [-0.39, 0.29) is 5.91 Å². The van der Waals surface area contributed by atoms with Gasteiger partial charge in [-0.05, 0) is 0 Å². The third kappa shape index (κ3) is 0.593. The van der Waals surface area contributed by atoms with E-state index in [1.54, 1.807) is 17.5 Å². The molecule has 0 N–H and O–H groups in total. The molecule has 2 rings (SSSR count). The van der Waals surface area contributed by atoms with Crippen molar-refractivity contribution in [2.45, 2.75) is 6.42 Å². The average molecular weight is 154 g/mol. The summed E-state index contributed by atoms with van der Waals surface area (Å²) in [5, 5.41) is 1.00. The van der Waals surface area contributed by atoms with Crippen molar-refractivity contribution in [1.29, 1.82) is 0 Å². The molecule has 52 valence electrons. The molecule has 4 heteroatoms. The number of hydrogen-bond donors (Lipinski definition) is 0. The Labute approximate surface area is 62.3 Å². The number of likely N-dealkylation sites (N-methyl/N-ethyl adjacent to an activating group) is 1. The van der Waals surface area contributed by atoms with E-state index in [1.165, 1.54) is 11.3 Å². The maximum absolute atomic E-state index is 11.0. The lowest BCUT2D eigenvalue weighted by molar-refractivity contribution is -0.117. The Morgan fingerprint density at radius 1 is 1.80 bits per heavy atom. The lowest BCUT2D eigenvalue weighted by Gasteiger charge is -2.04. The molecule has 0 atom stereocenters. The molecule has 1 aliphatic rings. The van der Waals surface area contributed by atoms with Crippen LogP contribution in [0.15, 0.2) is 5.51 Å². The van der Waals surface area contributed by atoms with Gasteiger partial charge in [0.1, 0.15) is 5.00 Å². The number of aromatic nitrogens is 1. The van der Waals surface area contributed by atoms with Crippen molar-refractivity contribution in [2.75, 3.05) is 11.9 Å². The van der Waals surface area contributed by atoms with Crippen LogP contribution in [0.3, 0.4) is 0 Å². The van der Waals surface area contributed by atoms with Crippen LogP contribution in [0.2, 0.25) is 0 Å². The van der Waals surface area contributed by atoms with E-state index in [0.29, 0.717) is 6.42 Å². The van der Waals surface area contributed by atoms with Gasteiger partial charge in [-0.3, -0.25) is 4.79 Å². The van der Waals surface area contributed by atoms with Crippen LogP contribution in [0.1, 0.15) is 5.69 Å². The first kappa shape index (κ1) is 5.85. The molecule has 0 spiro atoms. The molecule has 1 aliphatic heterocycles. The van der Waals surface area contributed by atoms with E-state index in [4.69, 9.17) is 0 Å². The fourth-order valence-electron chi connectivity index (χ4n) is 1.03. The first-order chi connectivity index (χ1) is 4.79. The van der Waals surface area contributed by atoms with Gasteiger partial charge in [-0.25, -0.2) is 4.98 Å². The molecule has 0 fully saturated rings. The zero-order valence-corrected chi connectivity index (χ0v) is 6.31. The zero-order chi connectivity index (χ0) is 7.14. The van der Waals surface area contributed by atoms with E-state index in [2.05, 4.69) is 4.98 Å². The minimum atomic E-state index is 0.148. The second-order valence-electron chi connectivity index (χ2n) is 2.23. The highest BCUT2D eigenvalue weighted by Crippen LogP contribution is 2.30. The normalized spacial score (nSPS) is 16.1. The van der Waals surface area contributed by atoms with Crippen LogP contribution in [-0.4, -0.2) is 17.9 Å². The fourth-order valence-corrected chi connectivity index (χ4v) is 1.83. The first-order valence-corrected chi connectivity index (χ1v) is 3.86. The Morgan fingerprint density at radius 3 is 3.30 bits per heavy atom. The molecule has 0 aliphatic carbocycles. The predicted molar refractivity (Wildman–Crippen MR) is 39.2 cm³/mol. The van der Waals surface area contributed by atoms with Crippen LogP contribution >= 0.6 is 11.3 Å². The van der Waals surface area contributed by atoms with Gasteiger partial charge >= 0.3 is 0 Å². The maximum Gasteiger partial charge on any atom is 0.233 e. The van der Waals surface area contributed by atoms with Crippen LogP contribution in [0.25, 0.3) is 0 Å². The molecule has 0 saturated heterocycles. The molecule has 1 amide bonds. The third-order valence-corrected chi connectivity index (χ3v) is 2.56. The fraction of sp³-hybridized carbons (Fsp3) is 0.333. The molecule has 0 bridgehead atoms. The topological polar surface area (TPSA) is 33.2 Å². The number of fused-ring (bicyclic) bond motifs is 1. The van der Waals surface area contributed by atoms with Crippen molar-refractivity contribution >= 4 is 22.2 Å². The Hall–Kier alpha value is -0.900. The number of anilines is 1. The maximum atomic E-state index is 11.0. The summed E-state index contributed by atoms with van der Waals surface area (Å²) in [7, 11) is 1.78. The molecular formula is C6H6N2OS. The first-order valence-electron chi connectivity index (χ1n) is 2.98. The van der Waals surface area contributed by atoms with Gasteiger partial charge < -0.3 is 4.90 Å². The van der Waals surface area contributed by atoms with Crippen molar-refractivity contribution in [3.63, 3.8) is 0 Å². The number of carbonyl (C=O) groups is 1. The Kier molecular flexibility index (Phi) is 1.05. The van der Waals surface area contributed by atoms with Gasteiger partial charge in [0.05, 0.1) is 17.6 Å². The standard InChI is InChI=1S/C6H6N2OS/c1-8-5(9)2-4-6(8)10-3-7-4/h3H,2H2,1H3. The molecular weight excluding hydrogens is 148 g/mol. The smallest absolute Gasteiger partial charge is 0.233 e. The summed E-state index contributed by atoms with van der Waals surface area (Å²) >= 11 is 1.52. The van der Waals surface area contributed by atoms with Gasteiger partial charge in [0.15, 0.2) is 0 Å². The predicted octanol–water partition coefficient (Wildman–Crippen LogP) is 0.662. The number of amides is 1. The van der Waals surface area contributed by atoms with Crippen molar-refractivity contribution in [2.24, 2.45) is 0 Å². The summed E-state index contributed by atoms with van der Waals surface area (Å²) in [4.78, 5) is 16.7. The second-order valence-corrected chi connectivity index (χ2v) is 3.07. The van der Waals surface area contributed by atoms with Gasteiger partial charge in [0, 0.05) is 7.05 Å². The van der Waals surface area contributed by atoms with Crippen molar-refractivity contribution < 1.29 is 4.79 Å². The number of thiazole rings is 1. The van der Waals surface area contributed by atoms with Gasteiger partial charge in [0.25, 0.3) is 0 Å². The van der Waals surface area contributed by atoms with Gasteiger partial charge in [-0.2, -0.15) is 0 Å². The molecule has 0 radical (unpaired) electrons. The minimum absolute atomic E-state index is 0.148. The van der Waals surface area contributed by atoms with Crippen LogP contribution in [0, 0.1) is 0 Å². The van der Waals surface area contributed by atoms with Crippen LogP contribution < -0.4 is 4.90 Å². The third-order valence-electron chi connectivity index (χ3n) is 1.62. The summed E-state index contributed by atoms with van der Waals surface area (Å²) < 4.78 is 0. The molecule has 10 heavy (non-hydrogen) atoms. The highest BCUT2D eigenvalue weighted by molar-refractivity contribution is 7.14. The zero-order valence-electron chi connectivity index (χ0n) is 5.50. The Balaban J connectivity index is 2.52. The van der Waals surface area contributed by atoms with Crippen LogP contribution in [0.4, 0.5) is 5.00 Å². The van der Waals surface area contributed by atoms with E-state index in [1.807, 2.05) is 0 Å². The number of hydrogen-bond acceptors (Lipinski definition) is 3. The Morgan fingerprint density at radius 2 is 2.60 bits per heavy atom. The summed E-state index contributed by atoms with van der Waals surface area (Å²) in [6.45, 7) is 0. The monoisotopic (exact) mass is 154 g/mol.